The number of aryl methyl sites for hydroxylation is 2. The Morgan fingerprint density at radius 2 is 2.16 bits per heavy atom. The van der Waals surface area contributed by atoms with Crippen molar-refractivity contribution in [3.05, 3.63) is 34.9 Å². The van der Waals surface area contributed by atoms with E-state index in [1.54, 1.807) is 0 Å². The van der Waals surface area contributed by atoms with Crippen LogP contribution in [0.4, 0.5) is 0 Å². The molecular formula is C16H24N2O. The van der Waals surface area contributed by atoms with Crippen molar-refractivity contribution in [3.63, 3.8) is 0 Å². The molecule has 0 spiro atoms. The Morgan fingerprint density at radius 3 is 2.84 bits per heavy atom. The number of likely N-dealkylation sites (tertiary alicyclic amines) is 1. The number of benzene rings is 1. The van der Waals surface area contributed by atoms with E-state index in [2.05, 4.69) is 6.92 Å². The lowest BCUT2D eigenvalue weighted by Gasteiger charge is -2.36. The number of piperidine rings is 1. The zero-order valence-electron chi connectivity index (χ0n) is 12.1. The number of hydrogen-bond donors (Lipinski definition) is 1. The molecular weight excluding hydrogens is 236 g/mol. The summed E-state index contributed by atoms with van der Waals surface area (Å²) in [7, 11) is 0. The van der Waals surface area contributed by atoms with Crippen LogP contribution in [0.15, 0.2) is 18.2 Å². The lowest BCUT2D eigenvalue weighted by atomic mass is 9.86. The van der Waals surface area contributed by atoms with Crippen LogP contribution < -0.4 is 5.73 Å². The Bertz CT molecular complexity index is 470. The summed E-state index contributed by atoms with van der Waals surface area (Å²) in [6.07, 6.45) is 1.05. The van der Waals surface area contributed by atoms with E-state index >= 15 is 0 Å². The minimum atomic E-state index is 0.159. The molecule has 3 nitrogen and oxygen atoms in total. The van der Waals surface area contributed by atoms with Crippen molar-refractivity contribution in [3.8, 4) is 0 Å². The molecule has 2 atom stereocenters. The highest BCUT2D eigenvalue weighted by atomic mass is 16.2. The first kappa shape index (κ1) is 14.1. The Kier molecular flexibility index (Phi) is 4.25. The number of amides is 1. The highest BCUT2D eigenvalue weighted by Crippen LogP contribution is 2.24. The first-order chi connectivity index (χ1) is 9.02. The summed E-state index contributed by atoms with van der Waals surface area (Å²) in [6.45, 7) is 8.57. The average molecular weight is 260 g/mol. The molecule has 104 valence electrons. The molecule has 0 radical (unpaired) electrons. The van der Waals surface area contributed by atoms with Crippen LogP contribution in [-0.4, -0.2) is 30.4 Å². The minimum Gasteiger partial charge on any atom is -0.338 e. The smallest absolute Gasteiger partial charge is 0.254 e. The maximum atomic E-state index is 12.6. The third kappa shape index (κ3) is 2.98. The standard InChI is InChI=1S/C16H24N2O/c1-11-4-5-13(3)15(8-11)16(19)18-7-6-12(2)14(9-17)10-18/h4-5,8,12,14H,6-7,9-10,17H2,1-3H3. The van der Waals surface area contributed by atoms with Crippen LogP contribution in [0.2, 0.25) is 0 Å². The largest absolute Gasteiger partial charge is 0.338 e. The van der Waals surface area contributed by atoms with Crippen molar-refractivity contribution in [2.45, 2.75) is 27.2 Å². The maximum absolute atomic E-state index is 12.6. The molecule has 0 aliphatic carbocycles. The summed E-state index contributed by atoms with van der Waals surface area (Å²) in [5, 5.41) is 0. The van der Waals surface area contributed by atoms with E-state index in [-0.39, 0.29) is 5.91 Å². The van der Waals surface area contributed by atoms with Crippen molar-refractivity contribution in [2.75, 3.05) is 19.6 Å². The van der Waals surface area contributed by atoms with E-state index in [9.17, 15) is 4.79 Å². The Balaban J connectivity index is 2.18. The monoisotopic (exact) mass is 260 g/mol. The van der Waals surface area contributed by atoms with Gasteiger partial charge in [-0.05, 0) is 50.3 Å². The first-order valence-electron chi connectivity index (χ1n) is 7.09. The number of carbonyl (C=O) groups excluding carboxylic acids is 1. The van der Waals surface area contributed by atoms with E-state index in [4.69, 9.17) is 5.73 Å². The number of rotatable bonds is 2. The molecule has 0 saturated carbocycles. The van der Waals surface area contributed by atoms with Crippen LogP contribution in [0.3, 0.4) is 0 Å². The van der Waals surface area contributed by atoms with Gasteiger partial charge in [-0.3, -0.25) is 4.79 Å². The van der Waals surface area contributed by atoms with E-state index in [1.165, 1.54) is 0 Å². The molecule has 1 fully saturated rings. The molecule has 0 aromatic heterocycles. The normalized spacial score (nSPS) is 23.5. The molecule has 1 aromatic carbocycles. The topological polar surface area (TPSA) is 46.3 Å². The highest BCUT2D eigenvalue weighted by molar-refractivity contribution is 5.95. The zero-order valence-corrected chi connectivity index (χ0v) is 12.1. The number of hydrogen-bond acceptors (Lipinski definition) is 2. The molecule has 3 heteroatoms. The van der Waals surface area contributed by atoms with Gasteiger partial charge < -0.3 is 10.6 Å². The fraction of sp³-hybridized carbons (Fsp3) is 0.562. The molecule has 0 bridgehead atoms. The average Bonchev–Trinajstić information content (AvgIpc) is 2.41. The van der Waals surface area contributed by atoms with Crippen LogP contribution in [0, 0.1) is 25.7 Å². The SMILES string of the molecule is Cc1ccc(C)c(C(=O)N2CCC(C)C(CN)C2)c1. The molecule has 2 rings (SSSR count). The number of nitrogens with zero attached hydrogens (tertiary/aromatic N) is 1. The third-order valence-corrected chi connectivity index (χ3v) is 4.33. The summed E-state index contributed by atoms with van der Waals surface area (Å²) >= 11 is 0. The van der Waals surface area contributed by atoms with Crippen molar-refractivity contribution in [1.82, 2.24) is 4.90 Å². The Morgan fingerprint density at radius 1 is 1.42 bits per heavy atom. The summed E-state index contributed by atoms with van der Waals surface area (Å²) in [6, 6.07) is 6.07. The van der Waals surface area contributed by atoms with E-state index in [0.29, 0.717) is 18.4 Å². The van der Waals surface area contributed by atoms with Crippen LogP contribution in [-0.2, 0) is 0 Å². The number of carbonyl (C=O) groups is 1. The second kappa shape index (κ2) is 5.74. The second-order valence-electron chi connectivity index (χ2n) is 5.83. The quantitative estimate of drug-likeness (QED) is 0.887. The fourth-order valence-corrected chi connectivity index (χ4v) is 2.78. The second-order valence-corrected chi connectivity index (χ2v) is 5.83. The summed E-state index contributed by atoms with van der Waals surface area (Å²) < 4.78 is 0. The predicted octanol–water partition coefficient (Wildman–Crippen LogP) is 2.36. The number of nitrogens with two attached hydrogens (primary N) is 1. The first-order valence-corrected chi connectivity index (χ1v) is 7.09. The minimum absolute atomic E-state index is 0.159. The van der Waals surface area contributed by atoms with Gasteiger partial charge in [-0.1, -0.05) is 24.6 Å². The fourth-order valence-electron chi connectivity index (χ4n) is 2.78. The van der Waals surface area contributed by atoms with Crippen LogP contribution >= 0.6 is 0 Å². The molecule has 1 heterocycles. The van der Waals surface area contributed by atoms with E-state index in [1.807, 2.05) is 36.9 Å². The Hall–Kier alpha value is -1.35. The van der Waals surface area contributed by atoms with Gasteiger partial charge in [0.1, 0.15) is 0 Å². The molecule has 1 aliphatic rings. The van der Waals surface area contributed by atoms with Gasteiger partial charge in [-0.15, -0.1) is 0 Å². The molecule has 1 saturated heterocycles. The lowest BCUT2D eigenvalue weighted by molar-refractivity contribution is 0.0617. The van der Waals surface area contributed by atoms with Crippen LogP contribution in [0.1, 0.15) is 34.8 Å². The van der Waals surface area contributed by atoms with Gasteiger partial charge in [0.15, 0.2) is 0 Å². The van der Waals surface area contributed by atoms with Crippen molar-refractivity contribution >= 4 is 5.91 Å². The predicted molar refractivity (Wildman–Crippen MR) is 78.1 cm³/mol. The van der Waals surface area contributed by atoms with Gasteiger partial charge in [0.2, 0.25) is 0 Å². The summed E-state index contributed by atoms with van der Waals surface area (Å²) in [4.78, 5) is 14.6. The van der Waals surface area contributed by atoms with Gasteiger partial charge in [-0.25, -0.2) is 0 Å². The molecule has 2 unspecified atom stereocenters. The highest BCUT2D eigenvalue weighted by Gasteiger charge is 2.28. The zero-order chi connectivity index (χ0) is 14.0. The van der Waals surface area contributed by atoms with Gasteiger partial charge >= 0.3 is 0 Å². The van der Waals surface area contributed by atoms with Crippen LogP contribution in [0.25, 0.3) is 0 Å². The van der Waals surface area contributed by atoms with Crippen LogP contribution in [0.5, 0.6) is 0 Å². The van der Waals surface area contributed by atoms with Gasteiger partial charge in [0.05, 0.1) is 0 Å². The Labute approximate surface area is 115 Å². The maximum Gasteiger partial charge on any atom is 0.254 e. The van der Waals surface area contributed by atoms with Gasteiger partial charge in [-0.2, -0.15) is 0 Å². The van der Waals surface area contributed by atoms with E-state index in [0.717, 1.165) is 36.2 Å². The molecule has 1 aromatic rings. The summed E-state index contributed by atoms with van der Waals surface area (Å²) in [5.74, 6) is 1.21. The molecule has 19 heavy (non-hydrogen) atoms. The van der Waals surface area contributed by atoms with Crippen molar-refractivity contribution in [1.29, 1.82) is 0 Å². The molecule has 2 N–H and O–H groups in total. The van der Waals surface area contributed by atoms with Crippen molar-refractivity contribution < 1.29 is 4.79 Å². The van der Waals surface area contributed by atoms with Gasteiger partial charge in [0.25, 0.3) is 5.91 Å². The third-order valence-electron chi connectivity index (χ3n) is 4.33. The lowest BCUT2D eigenvalue weighted by Crippen LogP contribution is -2.45. The summed E-state index contributed by atoms with van der Waals surface area (Å²) in [5.41, 5.74) is 8.84. The molecule has 1 aliphatic heterocycles. The van der Waals surface area contributed by atoms with Crippen molar-refractivity contribution in [2.24, 2.45) is 17.6 Å². The van der Waals surface area contributed by atoms with E-state index < -0.39 is 0 Å². The van der Waals surface area contributed by atoms with Gasteiger partial charge in [0, 0.05) is 18.7 Å². The molecule has 1 amide bonds.